The normalized spacial score (nSPS) is 14.1. The largest absolute Gasteiger partial charge is 1.00 e. The van der Waals surface area contributed by atoms with Crippen LogP contribution in [0.1, 0.15) is 64.7 Å². The van der Waals surface area contributed by atoms with Crippen molar-refractivity contribution in [2.24, 2.45) is 0 Å². The van der Waals surface area contributed by atoms with E-state index in [-0.39, 0.29) is 35.3 Å². The third-order valence-corrected chi connectivity index (χ3v) is 3.79. The molecule has 0 radical (unpaired) electrons. The molecule has 0 bridgehead atoms. The molecule has 1 unspecified atom stereocenters. The number of rotatable bonds is 10. The quantitative estimate of drug-likeness (QED) is 0.428. The number of hydrogen-bond acceptors (Lipinski definition) is 3. The van der Waals surface area contributed by atoms with Gasteiger partial charge in [0, 0.05) is 5.75 Å². The van der Waals surface area contributed by atoms with Gasteiger partial charge in [-0.05, 0) is 26.4 Å². The van der Waals surface area contributed by atoms with Crippen molar-refractivity contribution in [2.45, 2.75) is 64.7 Å². The monoisotopic (exact) mass is 274 g/mol. The van der Waals surface area contributed by atoms with Crippen LogP contribution in [0.15, 0.2) is 0 Å². The van der Waals surface area contributed by atoms with E-state index >= 15 is 0 Å². The Labute approximate surface area is 128 Å². The van der Waals surface area contributed by atoms with E-state index in [4.69, 9.17) is 0 Å². The van der Waals surface area contributed by atoms with Gasteiger partial charge in [-0.3, -0.25) is 4.21 Å². The van der Waals surface area contributed by atoms with Crippen molar-refractivity contribution in [1.29, 1.82) is 0 Å². The molecule has 2 nitrogen and oxygen atoms in total. The standard InChI is InChI=1S/C11H24O2S2.Na/c1-2-3-4-5-6-7-8-9-10-11-15(12,13)14;/h2-11H2,1H3,(H,12,13,14);/q;+1/p-1. The Morgan fingerprint density at radius 3 is 1.69 bits per heavy atom. The van der Waals surface area contributed by atoms with E-state index in [1.54, 1.807) is 0 Å². The molecule has 0 aliphatic rings. The second-order valence-electron chi connectivity index (χ2n) is 4.09. The summed E-state index contributed by atoms with van der Waals surface area (Å²) in [4.78, 5) is 0. The molecule has 92 valence electrons. The van der Waals surface area contributed by atoms with Crippen molar-refractivity contribution >= 4 is 20.0 Å². The number of unbranched alkanes of at least 4 members (excludes halogenated alkanes) is 8. The second-order valence-corrected chi connectivity index (χ2v) is 7.14. The van der Waals surface area contributed by atoms with E-state index in [0.717, 1.165) is 19.3 Å². The Hall–Kier alpha value is 1.33. The van der Waals surface area contributed by atoms with Crippen molar-refractivity contribution in [3.05, 3.63) is 0 Å². The van der Waals surface area contributed by atoms with Crippen molar-refractivity contribution < 1.29 is 38.3 Å². The van der Waals surface area contributed by atoms with Crippen molar-refractivity contribution in [1.82, 2.24) is 0 Å². The van der Waals surface area contributed by atoms with Gasteiger partial charge in [0.1, 0.15) is 0 Å². The average molecular weight is 274 g/mol. The fourth-order valence-corrected chi connectivity index (χ4v) is 2.50. The topological polar surface area (TPSA) is 40.1 Å². The summed E-state index contributed by atoms with van der Waals surface area (Å²) >= 11 is 4.31. The predicted molar refractivity (Wildman–Crippen MR) is 68.4 cm³/mol. The van der Waals surface area contributed by atoms with Crippen LogP contribution >= 0.6 is 0 Å². The third kappa shape index (κ3) is 17.7. The molecule has 1 atom stereocenters. The molecule has 0 amide bonds. The fourth-order valence-electron chi connectivity index (χ4n) is 1.59. The van der Waals surface area contributed by atoms with Gasteiger partial charge < -0.3 is 4.55 Å². The van der Waals surface area contributed by atoms with Crippen LogP contribution in [0.4, 0.5) is 0 Å². The maximum absolute atomic E-state index is 10.7. The molecule has 0 heterocycles. The van der Waals surface area contributed by atoms with Crippen LogP contribution in [0, 0.1) is 0 Å². The minimum Gasteiger partial charge on any atom is -0.769 e. The summed E-state index contributed by atoms with van der Waals surface area (Å²) in [5.74, 6) is 0.179. The van der Waals surface area contributed by atoms with Gasteiger partial charge in [-0.1, -0.05) is 58.3 Å². The van der Waals surface area contributed by atoms with Crippen LogP contribution in [-0.2, 0) is 20.0 Å². The molecule has 5 heteroatoms. The molecule has 0 aromatic carbocycles. The Morgan fingerprint density at radius 2 is 1.31 bits per heavy atom. The van der Waals surface area contributed by atoms with Gasteiger partial charge in [0.25, 0.3) is 0 Å². The minimum absolute atomic E-state index is 0. The summed E-state index contributed by atoms with van der Waals surface area (Å²) in [5.41, 5.74) is 0. The molecule has 0 aliphatic heterocycles. The predicted octanol–water partition coefficient (Wildman–Crippen LogP) is 0.398. The van der Waals surface area contributed by atoms with Gasteiger partial charge in [0.2, 0.25) is 0 Å². The third-order valence-electron chi connectivity index (χ3n) is 2.50. The van der Waals surface area contributed by atoms with Gasteiger partial charge in [-0.2, -0.15) is 0 Å². The molecular formula is C11H23NaO2S2. The minimum atomic E-state index is -3.15. The Morgan fingerprint density at radius 1 is 0.938 bits per heavy atom. The van der Waals surface area contributed by atoms with Gasteiger partial charge in [-0.25, -0.2) is 0 Å². The first-order chi connectivity index (χ1) is 7.06. The zero-order valence-electron chi connectivity index (χ0n) is 10.7. The Balaban J connectivity index is 0. The van der Waals surface area contributed by atoms with Crippen molar-refractivity contribution in [3.63, 3.8) is 0 Å². The van der Waals surface area contributed by atoms with Gasteiger partial charge in [0.15, 0.2) is 0 Å². The molecule has 0 aromatic heterocycles. The van der Waals surface area contributed by atoms with Crippen LogP contribution in [0.3, 0.4) is 0 Å². The van der Waals surface area contributed by atoms with E-state index in [9.17, 15) is 8.76 Å². The zero-order valence-corrected chi connectivity index (χ0v) is 14.3. The molecule has 0 spiro atoms. The van der Waals surface area contributed by atoms with Crippen LogP contribution in [0.2, 0.25) is 0 Å². The van der Waals surface area contributed by atoms with E-state index in [0.29, 0.717) is 0 Å². The van der Waals surface area contributed by atoms with Crippen LogP contribution in [-0.4, -0.2) is 14.5 Å². The molecule has 0 saturated carbocycles. The van der Waals surface area contributed by atoms with Crippen LogP contribution < -0.4 is 29.6 Å². The molecular weight excluding hydrogens is 251 g/mol. The van der Waals surface area contributed by atoms with Gasteiger partial charge in [0.05, 0.1) is 0 Å². The van der Waals surface area contributed by atoms with E-state index in [2.05, 4.69) is 18.1 Å². The number of hydrogen-bond donors (Lipinski definition) is 0. The van der Waals surface area contributed by atoms with Gasteiger partial charge in [-0.15, -0.1) is 0 Å². The van der Waals surface area contributed by atoms with Gasteiger partial charge >= 0.3 is 29.6 Å². The van der Waals surface area contributed by atoms with Crippen LogP contribution in [0.25, 0.3) is 0 Å². The SMILES string of the molecule is CCCCCCCCCCCS(=O)([O-])=S.[Na+]. The molecule has 16 heavy (non-hydrogen) atoms. The summed E-state index contributed by atoms with van der Waals surface area (Å²) in [6.45, 7) is 2.22. The summed E-state index contributed by atoms with van der Waals surface area (Å²) in [5, 5.41) is 0. The van der Waals surface area contributed by atoms with E-state index < -0.39 is 8.77 Å². The molecule has 0 N–H and O–H groups in total. The zero-order chi connectivity index (χ0) is 11.6. The Bertz CT molecular complexity index is 228. The average Bonchev–Trinajstić information content (AvgIpc) is 2.14. The maximum atomic E-state index is 10.7. The summed E-state index contributed by atoms with van der Waals surface area (Å²) < 4.78 is 21.3. The first-order valence-electron chi connectivity index (χ1n) is 6.00. The molecule has 0 saturated heterocycles. The second kappa shape index (κ2) is 12.8. The van der Waals surface area contributed by atoms with Crippen molar-refractivity contribution in [2.75, 3.05) is 5.75 Å². The summed E-state index contributed by atoms with van der Waals surface area (Å²) in [7, 11) is -3.15. The smallest absolute Gasteiger partial charge is 0.769 e. The van der Waals surface area contributed by atoms with E-state index in [1.807, 2.05) is 0 Å². The molecule has 0 aromatic rings. The molecule has 0 aliphatic carbocycles. The Kier molecular flexibility index (Phi) is 15.7. The first-order valence-corrected chi connectivity index (χ1v) is 8.57. The summed E-state index contributed by atoms with van der Waals surface area (Å²) in [6, 6.07) is 0. The fraction of sp³-hybridized carbons (Fsp3) is 1.00. The van der Waals surface area contributed by atoms with Crippen molar-refractivity contribution in [3.8, 4) is 0 Å². The molecule has 0 rings (SSSR count). The molecule has 0 fully saturated rings. The first kappa shape index (κ1) is 19.7. The maximum Gasteiger partial charge on any atom is 1.00 e. The van der Waals surface area contributed by atoms with Crippen LogP contribution in [0.5, 0.6) is 0 Å². The summed E-state index contributed by atoms with van der Waals surface area (Å²) in [6.07, 6.45) is 10.7. The van der Waals surface area contributed by atoms with E-state index in [1.165, 1.54) is 38.5 Å².